The van der Waals surface area contributed by atoms with Gasteiger partial charge < -0.3 is 10.2 Å². The van der Waals surface area contributed by atoms with Crippen LogP contribution in [0.25, 0.3) is 11.1 Å². The molecule has 0 aliphatic heterocycles. The number of hydrogen-bond acceptors (Lipinski definition) is 4. The largest absolute Gasteiger partial charge is 0.431 e. The van der Waals surface area contributed by atoms with E-state index in [-0.39, 0.29) is 11.9 Å². The number of aromatic nitrogens is 1. The summed E-state index contributed by atoms with van der Waals surface area (Å²) in [5, 5.41) is 0.485. The van der Waals surface area contributed by atoms with Crippen LogP contribution in [0.2, 0.25) is 0 Å². The summed E-state index contributed by atoms with van der Waals surface area (Å²) in [4.78, 5) is 5.10. The van der Waals surface area contributed by atoms with Gasteiger partial charge in [-0.3, -0.25) is 0 Å². The Hall–Kier alpha value is -1.85. The SMILES string of the molecule is C[C@@H](N)c1c(F)cccc1Sc1nc2ccccc2o1. The molecule has 2 N–H and O–H groups in total. The van der Waals surface area contributed by atoms with Crippen LogP contribution in [0.1, 0.15) is 18.5 Å². The van der Waals surface area contributed by atoms with Crippen LogP contribution in [0.5, 0.6) is 0 Å². The van der Waals surface area contributed by atoms with Crippen LogP contribution in [-0.2, 0) is 0 Å². The summed E-state index contributed by atoms with van der Waals surface area (Å²) in [5.74, 6) is -0.305. The first-order chi connectivity index (χ1) is 9.65. The van der Waals surface area contributed by atoms with E-state index >= 15 is 0 Å². The van der Waals surface area contributed by atoms with Gasteiger partial charge in [0.1, 0.15) is 11.3 Å². The minimum absolute atomic E-state index is 0.305. The third kappa shape index (κ3) is 2.42. The quantitative estimate of drug-likeness (QED) is 0.787. The lowest BCUT2D eigenvalue weighted by atomic mass is 10.1. The van der Waals surface area contributed by atoms with Crippen molar-refractivity contribution in [3.8, 4) is 0 Å². The molecular formula is C15H13FN2OS. The molecule has 102 valence electrons. The summed E-state index contributed by atoms with van der Waals surface area (Å²) >= 11 is 1.28. The van der Waals surface area contributed by atoms with Gasteiger partial charge in [-0.1, -0.05) is 18.2 Å². The number of nitrogens with zero attached hydrogens (tertiary/aromatic N) is 1. The summed E-state index contributed by atoms with van der Waals surface area (Å²) in [6, 6.07) is 12.0. The molecule has 5 heteroatoms. The molecule has 0 bridgehead atoms. The summed E-state index contributed by atoms with van der Waals surface area (Å²) in [5.41, 5.74) is 7.83. The van der Waals surface area contributed by atoms with Crippen molar-refractivity contribution in [2.75, 3.05) is 0 Å². The number of para-hydroxylation sites is 2. The molecule has 3 nitrogen and oxygen atoms in total. The van der Waals surface area contributed by atoms with Crippen molar-refractivity contribution in [1.82, 2.24) is 4.98 Å². The maximum Gasteiger partial charge on any atom is 0.261 e. The molecule has 0 saturated heterocycles. The molecule has 1 heterocycles. The third-order valence-corrected chi connectivity index (χ3v) is 3.86. The fraction of sp³-hybridized carbons (Fsp3) is 0.133. The average molecular weight is 288 g/mol. The minimum atomic E-state index is -0.386. The van der Waals surface area contributed by atoms with Crippen LogP contribution in [0, 0.1) is 5.82 Å². The van der Waals surface area contributed by atoms with E-state index < -0.39 is 0 Å². The summed E-state index contributed by atoms with van der Waals surface area (Å²) in [6.07, 6.45) is 0. The first-order valence-corrected chi connectivity index (χ1v) is 7.04. The first-order valence-electron chi connectivity index (χ1n) is 6.22. The van der Waals surface area contributed by atoms with Gasteiger partial charge >= 0.3 is 0 Å². The van der Waals surface area contributed by atoms with Crippen molar-refractivity contribution >= 4 is 22.9 Å². The minimum Gasteiger partial charge on any atom is -0.431 e. The molecule has 0 unspecified atom stereocenters. The van der Waals surface area contributed by atoms with Crippen molar-refractivity contribution < 1.29 is 8.81 Å². The van der Waals surface area contributed by atoms with Crippen LogP contribution < -0.4 is 5.73 Å². The van der Waals surface area contributed by atoms with E-state index in [1.165, 1.54) is 17.8 Å². The second-order valence-electron chi connectivity index (χ2n) is 4.49. The first kappa shape index (κ1) is 13.1. The zero-order valence-corrected chi connectivity index (χ0v) is 11.7. The molecule has 0 radical (unpaired) electrons. The molecule has 20 heavy (non-hydrogen) atoms. The monoisotopic (exact) mass is 288 g/mol. The maximum absolute atomic E-state index is 13.9. The molecule has 3 aromatic rings. The van der Waals surface area contributed by atoms with E-state index in [1.54, 1.807) is 13.0 Å². The van der Waals surface area contributed by atoms with E-state index in [2.05, 4.69) is 4.98 Å². The highest BCUT2D eigenvalue weighted by molar-refractivity contribution is 7.99. The molecule has 1 aromatic heterocycles. The topological polar surface area (TPSA) is 52.0 Å². The summed E-state index contributed by atoms with van der Waals surface area (Å²) in [6.45, 7) is 1.76. The van der Waals surface area contributed by atoms with Gasteiger partial charge in [-0.25, -0.2) is 9.37 Å². The highest BCUT2D eigenvalue weighted by Gasteiger charge is 2.15. The Balaban J connectivity index is 2.00. The standard InChI is InChI=1S/C15H13FN2OS/c1-9(17)14-10(16)5-4-8-13(14)20-15-18-11-6-2-3-7-12(11)19-15/h2-9H,17H2,1H3/t9-/m1/s1. The number of oxazole rings is 1. The number of halogens is 1. The van der Waals surface area contributed by atoms with Gasteiger partial charge in [0.05, 0.1) is 0 Å². The molecule has 2 aromatic carbocycles. The Morgan fingerprint density at radius 1 is 1.20 bits per heavy atom. The predicted octanol–water partition coefficient (Wildman–Crippen LogP) is 4.14. The Morgan fingerprint density at radius 3 is 2.75 bits per heavy atom. The van der Waals surface area contributed by atoms with E-state index in [0.717, 1.165) is 10.4 Å². The van der Waals surface area contributed by atoms with Crippen LogP contribution in [0.3, 0.4) is 0 Å². The number of nitrogens with two attached hydrogens (primary N) is 1. The summed E-state index contributed by atoms with van der Waals surface area (Å²) in [7, 11) is 0. The Morgan fingerprint density at radius 2 is 2.00 bits per heavy atom. The van der Waals surface area contributed by atoms with E-state index in [4.69, 9.17) is 10.2 Å². The van der Waals surface area contributed by atoms with E-state index in [0.29, 0.717) is 16.4 Å². The van der Waals surface area contributed by atoms with Crippen LogP contribution in [0.4, 0.5) is 4.39 Å². The molecule has 0 aliphatic rings. The highest BCUT2D eigenvalue weighted by atomic mass is 32.2. The molecule has 3 rings (SSSR count). The van der Waals surface area contributed by atoms with Crippen molar-refractivity contribution in [3.63, 3.8) is 0 Å². The van der Waals surface area contributed by atoms with Crippen molar-refractivity contribution in [2.24, 2.45) is 5.73 Å². The Bertz CT molecular complexity index is 721. The van der Waals surface area contributed by atoms with Crippen molar-refractivity contribution in [3.05, 3.63) is 53.8 Å². The zero-order valence-electron chi connectivity index (χ0n) is 10.8. The highest BCUT2D eigenvalue weighted by Crippen LogP contribution is 2.35. The van der Waals surface area contributed by atoms with Gasteiger partial charge in [-0.15, -0.1) is 0 Å². The lowest BCUT2D eigenvalue weighted by molar-refractivity contribution is 0.489. The second kappa shape index (κ2) is 5.26. The Labute approximate surface area is 120 Å². The molecule has 0 saturated carbocycles. The van der Waals surface area contributed by atoms with Gasteiger partial charge in [0.25, 0.3) is 5.22 Å². The molecule has 0 amide bonds. The molecule has 0 fully saturated rings. The average Bonchev–Trinajstić information content (AvgIpc) is 2.80. The van der Waals surface area contributed by atoms with Crippen LogP contribution >= 0.6 is 11.8 Å². The van der Waals surface area contributed by atoms with Crippen molar-refractivity contribution in [1.29, 1.82) is 0 Å². The van der Waals surface area contributed by atoms with Gasteiger partial charge in [-0.2, -0.15) is 0 Å². The molecule has 1 atom stereocenters. The number of fused-ring (bicyclic) bond motifs is 1. The fourth-order valence-corrected chi connectivity index (χ4v) is 3.04. The molecular weight excluding hydrogens is 275 g/mol. The maximum atomic E-state index is 13.9. The Kier molecular flexibility index (Phi) is 3.46. The third-order valence-electron chi connectivity index (χ3n) is 2.94. The van der Waals surface area contributed by atoms with Gasteiger partial charge in [0, 0.05) is 16.5 Å². The number of hydrogen-bond donors (Lipinski definition) is 1. The van der Waals surface area contributed by atoms with E-state index in [1.807, 2.05) is 30.3 Å². The normalized spacial score (nSPS) is 12.8. The predicted molar refractivity (Wildman–Crippen MR) is 77.1 cm³/mol. The molecule has 0 aliphatic carbocycles. The lowest BCUT2D eigenvalue weighted by Gasteiger charge is -2.11. The summed E-state index contributed by atoms with van der Waals surface area (Å²) < 4.78 is 19.5. The zero-order chi connectivity index (χ0) is 14.1. The fourth-order valence-electron chi connectivity index (χ4n) is 2.04. The van der Waals surface area contributed by atoms with Crippen LogP contribution in [0.15, 0.2) is 57.0 Å². The molecule has 0 spiro atoms. The van der Waals surface area contributed by atoms with Gasteiger partial charge in [0.2, 0.25) is 0 Å². The van der Waals surface area contributed by atoms with E-state index in [9.17, 15) is 4.39 Å². The number of benzene rings is 2. The van der Waals surface area contributed by atoms with Crippen molar-refractivity contribution in [2.45, 2.75) is 23.1 Å². The smallest absolute Gasteiger partial charge is 0.261 e. The number of rotatable bonds is 3. The van der Waals surface area contributed by atoms with Crippen LogP contribution in [-0.4, -0.2) is 4.98 Å². The second-order valence-corrected chi connectivity index (χ2v) is 5.48. The van der Waals surface area contributed by atoms with Gasteiger partial charge in [-0.05, 0) is 43.0 Å². The lowest BCUT2D eigenvalue weighted by Crippen LogP contribution is -2.08. The van der Waals surface area contributed by atoms with Gasteiger partial charge in [0.15, 0.2) is 5.58 Å².